The molecular weight excluding hydrogens is 395 g/mol. The highest BCUT2D eigenvalue weighted by Crippen LogP contribution is 2.48. The molecule has 4 heteroatoms. The van der Waals surface area contributed by atoms with Gasteiger partial charge in [0.25, 0.3) is 0 Å². The van der Waals surface area contributed by atoms with Gasteiger partial charge in [-0.1, -0.05) is 63.7 Å². The van der Waals surface area contributed by atoms with Gasteiger partial charge in [0, 0.05) is 17.8 Å². The van der Waals surface area contributed by atoms with E-state index in [9.17, 15) is 13.2 Å². The Morgan fingerprint density at radius 1 is 0.903 bits per heavy atom. The van der Waals surface area contributed by atoms with E-state index in [2.05, 4.69) is 36.2 Å². The van der Waals surface area contributed by atoms with Gasteiger partial charge >= 0.3 is 6.18 Å². The molecule has 0 amide bonds. The molecule has 0 bridgehead atoms. The summed E-state index contributed by atoms with van der Waals surface area (Å²) in [4.78, 5) is 0. The van der Waals surface area contributed by atoms with Gasteiger partial charge in [0.2, 0.25) is 0 Å². The van der Waals surface area contributed by atoms with Crippen molar-refractivity contribution in [2.24, 2.45) is 11.3 Å². The van der Waals surface area contributed by atoms with Crippen LogP contribution < -0.4 is 5.32 Å². The second-order valence-corrected chi connectivity index (χ2v) is 10.5. The molecule has 3 rings (SSSR count). The van der Waals surface area contributed by atoms with Crippen molar-refractivity contribution in [3.63, 3.8) is 0 Å². The van der Waals surface area contributed by atoms with Crippen molar-refractivity contribution in [2.75, 3.05) is 5.32 Å². The fraction of sp³-hybridized carbons (Fsp3) is 0.481. The number of hydrogen-bond donors (Lipinski definition) is 1. The summed E-state index contributed by atoms with van der Waals surface area (Å²) in [5, 5.41) is 3.24. The van der Waals surface area contributed by atoms with Gasteiger partial charge in [-0.25, -0.2) is 0 Å². The Morgan fingerprint density at radius 2 is 1.45 bits per heavy atom. The van der Waals surface area contributed by atoms with Gasteiger partial charge in [-0.2, -0.15) is 13.2 Å². The summed E-state index contributed by atoms with van der Waals surface area (Å²) < 4.78 is 41.8. The molecule has 0 saturated heterocycles. The Labute approximate surface area is 184 Å². The molecule has 1 aliphatic carbocycles. The number of nitrogens with one attached hydrogen (secondary N) is 1. The van der Waals surface area contributed by atoms with Gasteiger partial charge in [0.15, 0.2) is 0 Å². The van der Waals surface area contributed by atoms with Crippen LogP contribution >= 0.6 is 0 Å². The largest absolute Gasteiger partial charge is 0.398 e. The highest BCUT2D eigenvalue weighted by molar-refractivity contribution is 5.50. The maximum atomic E-state index is 13.9. The van der Waals surface area contributed by atoms with E-state index in [0.717, 1.165) is 23.7 Å². The number of alkyl halides is 3. The minimum atomic E-state index is -4.31. The lowest BCUT2D eigenvalue weighted by Crippen LogP contribution is -2.42. The van der Waals surface area contributed by atoms with Gasteiger partial charge in [-0.05, 0) is 72.8 Å². The molecule has 0 aliphatic heterocycles. The fourth-order valence-corrected chi connectivity index (χ4v) is 4.29. The maximum absolute atomic E-state index is 13.9. The van der Waals surface area contributed by atoms with Crippen LogP contribution in [-0.4, -0.2) is 6.18 Å². The monoisotopic (exact) mass is 429 g/mol. The van der Waals surface area contributed by atoms with Gasteiger partial charge in [-0.15, -0.1) is 0 Å². The average molecular weight is 430 g/mol. The zero-order chi connectivity index (χ0) is 22.9. The molecule has 168 valence electrons. The molecule has 2 aromatic carbocycles. The molecule has 2 aromatic rings. The topological polar surface area (TPSA) is 12.0 Å². The van der Waals surface area contributed by atoms with E-state index in [-0.39, 0.29) is 12.0 Å². The molecule has 1 nitrogen and oxygen atoms in total. The third-order valence-corrected chi connectivity index (χ3v) is 6.01. The van der Waals surface area contributed by atoms with Gasteiger partial charge in [-0.3, -0.25) is 0 Å². The van der Waals surface area contributed by atoms with Crippen LogP contribution in [0.25, 0.3) is 0 Å². The Bertz CT molecular complexity index is 884. The van der Waals surface area contributed by atoms with Crippen molar-refractivity contribution in [1.82, 2.24) is 0 Å². The summed E-state index contributed by atoms with van der Waals surface area (Å²) in [6, 6.07) is 15.2. The van der Waals surface area contributed by atoms with Crippen molar-refractivity contribution in [1.29, 1.82) is 0 Å². The Balaban J connectivity index is 1.64. The third-order valence-electron chi connectivity index (χ3n) is 6.01. The van der Waals surface area contributed by atoms with E-state index in [1.807, 2.05) is 20.8 Å². The molecular formula is C27H34F3N. The van der Waals surface area contributed by atoms with E-state index in [0.29, 0.717) is 6.42 Å². The van der Waals surface area contributed by atoms with Gasteiger partial charge in [0.1, 0.15) is 0 Å². The number of benzene rings is 2. The summed E-state index contributed by atoms with van der Waals surface area (Å²) in [7, 11) is 0. The second-order valence-electron chi connectivity index (χ2n) is 10.5. The normalized spacial score (nSPS) is 16.6. The minimum absolute atomic E-state index is 0.0275. The van der Waals surface area contributed by atoms with Crippen molar-refractivity contribution >= 4 is 5.69 Å². The first-order valence-electron chi connectivity index (χ1n) is 11.1. The molecule has 0 radical (unpaired) electrons. The van der Waals surface area contributed by atoms with E-state index in [1.165, 1.54) is 30.9 Å². The first-order valence-corrected chi connectivity index (χ1v) is 11.1. The first kappa shape index (κ1) is 23.4. The molecule has 1 N–H and O–H groups in total. The molecule has 1 saturated carbocycles. The predicted molar refractivity (Wildman–Crippen MR) is 123 cm³/mol. The molecule has 1 aliphatic rings. The lowest BCUT2D eigenvalue weighted by molar-refractivity contribution is -0.193. The molecule has 0 spiro atoms. The average Bonchev–Trinajstić information content (AvgIpc) is 3.45. The number of hydrogen-bond acceptors (Lipinski definition) is 1. The Morgan fingerprint density at radius 3 is 1.94 bits per heavy atom. The summed E-state index contributed by atoms with van der Waals surface area (Å²) >= 11 is 0. The third kappa shape index (κ3) is 6.38. The summed E-state index contributed by atoms with van der Waals surface area (Å²) in [6.07, 6.45) is 0.247. The highest BCUT2D eigenvalue weighted by atomic mass is 19.4. The van der Waals surface area contributed by atoms with Crippen LogP contribution in [0, 0.1) is 11.3 Å². The minimum Gasteiger partial charge on any atom is -0.359 e. The first-order chi connectivity index (χ1) is 14.4. The van der Waals surface area contributed by atoms with E-state index in [1.54, 1.807) is 24.3 Å². The number of anilines is 1. The van der Waals surface area contributed by atoms with E-state index >= 15 is 0 Å². The SMILES string of the molecule is C=C(Cc1ccc(CC2CC2)cc1)Nc1ccc(C(C)(CC(C)(C)C)C(F)(F)F)cc1. The Kier molecular flexibility index (Phi) is 6.59. The van der Waals surface area contributed by atoms with Crippen molar-refractivity contribution in [3.05, 3.63) is 77.5 Å². The highest BCUT2D eigenvalue weighted by Gasteiger charge is 2.53. The van der Waals surface area contributed by atoms with Crippen LogP contribution in [0.2, 0.25) is 0 Å². The molecule has 1 fully saturated rings. The standard InChI is InChI=1S/C27H34F3N/c1-19(16-20-6-8-21(9-7-20)17-22-10-11-22)31-24-14-12-23(13-15-24)26(5,27(28,29)30)18-25(2,3)4/h6-9,12-15,22,31H,1,10-11,16-18H2,2-5H3. The maximum Gasteiger partial charge on any atom is 0.398 e. The van der Waals surface area contributed by atoms with Crippen LogP contribution in [0.15, 0.2) is 60.8 Å². The quantitative estimate of drug-likeness (QED) is 0.447. The molecule has 0 heterocycles. The smallest absolute Gasteiger partial charge is 0.359 e. The molecule has 0 aromatic heterocycles. The van der Waals surface area contributed by atoms with Crippen LogP contribution in [0.5, 0.6) is 0 Å². The van der Waals surface area contributed by atoms with Crippen molar-refractivity contribution in [2.45, 2.75) is 71.4 Å². The van der Waals surface area contributed by atoms with Crippen LogP contribution in [0.3, 0.4) is 0 Å². The Hall–Kier alpha value is -2.23. The lowest BCUT2D eigenvalue weighted by Gasteiger charge is -2.38. The molecule has 1 atom stereocenters. The number of allylic oxidation sites excluding steroid dienone is 1. The zero-order valence-electron chi connectivity index (χ0n) is 19.1. The van der Waals surface area contributed by atoms with Crippen LogP contribution in [-0.2, 0) is 18.3 Å². The summed E-state index contributed by atoms with van der Waals surface area (Å²) in [5.41, 5.74) is 2.08. The second kappa shape index (κ2) is 8.72. The van der Waals surface area contributed by atoms with E-state index in [4.69, 9.17) is 0 Å². The van der Waals surface area contributed by atoms with Gasteiger partial charge in [0.05, 0.1) is 5.41 Å². The summed E-state index contributed by atoms with van der Waals surface area (Å²) in [5.74, 6) is 0.869. The van der Waals surface area contributed by atoms with Crippen molar-refractivity contribution in [3.8, 4) is 0 Å². The fourth-order valence-electron chi connectivity index (χ4n) is 4.29. The lowest BCUT2D eigenvalue weighted by atomic mass is 9.70. The zero-order valence-corrected chi connectivity index (χ0v) is 19.1. The number of rotatable bonds is 8. The molecule has 31 heavy (non-hydrogen) atoms. The number of halogens is 3. The van der Waals surface area contributed by atoms with Crippen LogP contribution in [0.1, 0.15) is 63.6 Å². The van der Waals surface area contributed by atoms with Crippen LogP contribution in [0.4, 0.5) is 18.9 Å². The van der Waals surface area contributed by atoms with E-state index < -0.39 is 17.0 Å². The molecule has 1 unspecified atom stereocenters. The van der Waals surface area contributed by atoms with Gasteiger partial charge < -0.3 is 5.32 Å². The van der Waals surface area contributed by atoms with Crippen molar-refractivity contribution < 1.29 is 13.2 Å². The predicted octanol–water partition coefficient (Wildman–Crippen LogP) is 8.06. The summed E-state index contributed by atoms with van der Waals surface area (Å²) in [6.45, 7) is 10.9.